The lowest BCUT2D eigenvalue weighted by Crippen LogP contribution is -2.47. The highest BCUT2D eigenvalue weighted by atomic mass is 32.1. The van der Waals surface area contributed by atoms with Crippen LogP contribution in [0.3, 0.4) is 0 Å². The van der Waals surface area contributed by atoms with Crippen molar-refractivity contribution >= 4 is 25.5 Å². The van der Waals surface area contributed by atoms with Crippen LogP contribution in [-0.4, -0.2) is 44.6 Å². The van der Waals surface area contributed by atoms with Crippen LogP contribution in [0.1, 0.15) is 62.4 Å². The topological polar surface area (TPSA) is 90.4 Å². The van der Waals surface area contributed by atoms with Crippen molar-refractivity contribution in [2.24, 2.45) is 0 Å². The molecule has 1 aliphatic heterocycles. The maximum absolute atomic E-state index is 13.4. The number of anilines is 1. The Labute approximate surface area is 199 Å². The number of carbonyl (C=O) groups excluding carboxylic acids is 1. The van der Waals surface area contributed by atoms with Gasteiger partial charge in [0.15, 0.2) is 0 Å². The monoisotopic (exact) mass is 479 g/mol. The zero-order chi connectivity index (χ0) is 22.9. The third-order valence-corrected chi connectivity index (χ3v) is 6.49. The van der Waals surface area contributed by atoms with Gasteiger partial charge in [0.2, 0.25) is 11.9 Å². The summed E-state index contributed by atoms with van der Waals surface area (Å²) in [5.74, 6) is -2.18. The van der Waals surface area contributed by atoms with Gasteiger partial charge in [0.25, 0.3) is 0 Å². The van der Waals surface area contributed by atoms with Crippen LogP contribution in [0.15, 0.2) is 36.5 Å². The molecule has 7 nitrogen and oxygen atoms in total. The number of nitrogens with zero attached hydrogens (tertiary/aromatic N) is 3. The maximum atomic E-state index is 13.4. The first-order valence-corrected chi connectivity index (χ1v) is 10.9. The molecule has 0 saturated heterocycles. The molecule has 0 spiro atoms. The number of rotatable bonds is 5. The molecule has 0 unspecified atom stereocenters. The van der Waals surface area contributed by atoms with Crippen LogP contribution in [0.4, 0.5) is 19.5 Å². The minimum absolute atomic E-state index is 0. The molecular weight excluding hydrogens is 448 g/mol. The molecule has 2 amide bonds. The lowest BCUT2D eigenvalue weighted by molar-refractivity contribution is -0.0361. The summed E-state index contributed by atoms with van der Waals surface area (Å²) in [5.41, 5.74) is 1.75. The van der Waals surface area contributed by atoms with E-state index in [4.69, 9.17) is 0 Å². The van der Waals surface area contributed by atoms with Crippen molar-refractivity contribution in [2.45, 2.75) is 69.6 Å². The fourth-order valence-electron chi connectivity index (χ4n) is 4.45. The number of nitrogens with one attached hydrogen (secondary N) is 2. The van der Waals surface area contributed by atoms with Gasteiger partial charge in [-0.15, -0.1) is 0 Å². The van der Waals surface area contributed by atoms with Gasteiger partial charge in [0.1, 0.15) is 0 Å². The number of aliphatic hydroxyl groups excluding tert-OH is 1. The third kappa shape index (κ3) is 5.38. The summed E-state index contributed by atoms with van der Waals surface area (Å²) in [6, 6.07) is 8.40. The number of urea groups is 1. The molecule has 180 valence electrons. The van der Waals surface area contributed by atoms with Gasteiger partial charge < -0.3 is 20.6 Å². The van der Waals surface area contributed by atoms with Crippen LogP contribution in [0, 0.1) is 0 Å². The molecule has 2 aromatic rings. The van der Waals surface area contributed by atoms with Gasteiger partial charge in [-0.2, -0.15) is 13.5 Å². The molecule has 1 aromatic carbocycles. The highest BCUT2D eigenvalue weighted by Crippen LogP contribution is 2.38. The van der Waals surface area contributed by atoms with Crippen molar-refractivity contribution in [3.8, 4) is 0 Å². The Morgan fingerprint density at radius 2 is 1.91 bits per heavy atom. The maximum Gasteiger partial charge on any atom is 0.319 e. The molecule has 1 fully saturated rings. The van der Waals surface area contributed by atoms with Crippen molar-refractivity contribution in [1.29, 1.82) is 0 Å². The molecule has 2 heterocycles. The second-order valence-electron chi connectivity index (χ2n) is 9.07. The average molecular weight is 480 g/mol. The summed E-state index contributed by atoms with van der Waals surface area (Å²) < 4.78 is 26.8. The molecule has 10 heteroatoms. The number of alkyl halides is 2. The number of carbonyl (C=O) groups is 1. The Bertz CT molecular complexity index is 967. The summed E-state index contributed by atoms with van der Waals surface area (Å²) in [6.07, 6.45) is 2.18. The average Bonchev–Trinajstić information content (AvgIpc) is 3.04. The van der Waals surface area contributed by atoms with Crippen LogP contribution in [0.2, 0.25) is 0 Å². The van der Waals surface area contributed by atoms with Crippen LogP contribution in [-0.2, 0) is 12.1 Å². The number of hydrogen-bond acceptors (Lipinski definition) is 5. The van der Waals surface area contributed by atoms with Gasteiger partial charge in [-0.3, -0.25) is 0 Å². The Kier molecular flexibility index (Phi) is 7.48. The number of aliphatic hydroxyl groups is 1. The fourth-order valence-corrected chi connectivity index (χ4v) is 4.45. The van der Waals surface area contributed by atoms with Crippen LogP contribution in [0.25, 0.3) is 0 Å². The van der Waals surface area contributed by atoms with Crippen molar-refractivity contribution in [2.75, 3.05) is 11.9 Å². The second-order valence-corrected chi connectivity index (χ2v) is 9.07. The van der Waals surface area contributed by atoms with E-state index in [9.17, 15) is 18.7 Å². The zero-order valence-electron chi connectivity index (χ0n) is 18.8. The zero-order valence-corrected chi connectivity index (χ0v) is 19.8. The molecule has 0 bridgehead atoms. The Morgan fingerprint density at radius 1 is 1.24 bits per heavy atom. The molecule has 1 atom stereocenters. The van der Waals surface area contributed by atoms with Crippen molar-refractivity contribution < 1.29 is 18.7 Å². The largest absolute Gasteiger partial charge is 0.394 e. The van der Waals surface area contributed by atoms with Crippen LogP contribution >= 0.6 is 13.5 Å². The molecular formula is C23H31F2N5O2S. The van der Waals surface area contributed by atoms with Gasteiger partial charge >= 0.3 is 6.03 Å². The fraction of sp³-hybridized carbons (Fsp3) is 0.522. The summed E-state index contributed by atoms with van der Waals surface area (Å²) in [6.45, 7) is 3.93. The highest BCUT2D eigenvalue weighted by Gasteiger charge is 2.42. The smallest absolute Gasteiger partial charge is 0.319 e. The van der Waals surface area contributed by atoms with E-state index in [1.807, 2.05) is 44.2 Å². The van der Waals surface area contributed by atoms with Gasteiger partial charge in [-0.05, 0) is 32.3 Å². The number of benzene rings is 1. The van der Waals surface area contributed by atoms with E-state index in [1.165, 1.54) is 0 Å². The standard InChI is InChI=1S/C23H29F2N5O2.H2S/c1-22(2)17-12-26-20(27-16-8-10-23(24,25)11-9-16)28-18(17)13-30(22)21(32)29-19(14-31)15-6-4-3-5-7-15;/h3-7,12,16,19,31H,8-11,13-14H2,1-2H3,(H,29,32)(H,26,27,28);1H2/t19-;/m1./s1. The van der Waals surface area contributed by atoms with E-state index in [-0.39, 0.29) is 45.0 Å². The number of aromatic nitrogens is 2. The molecule has 33 heavy (non-hydrogen) atoms. The second kappa shape index (κ2) is 9.80. The van der Waals surface area contributed by atoms with Crippen molar-refractivity contribution in [3.63, 3.8) is 0 Å². The predicted octanol–water partition coefficient (Wildman–Crippen LogP) is 4.07. The molecule has 4 rings (SSSR count). The predicted molar refractivity (Wildman–Crippen MR) is 127 cm³/mol. The number of halogens is 2. The van der Waals surface area contributed by atoms with Gasteiger partial charge in [-0.1, -0.05) is 30.3 Å². The Hall–Kier alpha value is -2.46. The van der Waals surface area contributed by atoms with E-state index in [1.54, 1.807) is 11.1 Å². The van der Waals surface area contributed by atoms with Crippen molar-refractivity contribution in [1.82, 2.24) is 20.2 Å². The number of hydrogen-bond donors (Lipinski definition) is 3. The van der Waals surface area contributed by atoms with Gasteiger partial charge in [0.05, 0.1) is 30.4 Å². The minimum Gasteiger partial charge on any atom is -0.394 e. The molecule has 3 N–H and O–H groups in total. The first kappa shape index (κ1) is 25.2. The SMILES string of the molecule is CC1(C)c2cnc(NC3CCC(F)(F)CC3)nc2CN1C(=O)N[C@H](CO)c1ccccc1.S. The molecule has 1 aliphatic carbocycles. The summed E-state index contributed by atoms with van der Waals surface area (Å²) >= 11 is 0. The van der Waals surface area contributed by atoms with E-state index >= 15 is 0 Å². The van der Waals surface area contributed by atoms with E-state index in [2.05, 4.69) is 20.6 Å². The van der Waals surface area contributed by atoms with Gasteiger partial charge in [0, 0.05) is 30.6 Å². The quantitative estimate of drug-likeness (QED) is 0.601. The highest BCUT2D eigenvalue weighted by molar-refractivity contribution is 7.59. The molecule has 0 radical (unpaired) electrons. The van der Waals surface area contributed by atoms with E-state index in [0.29, 0.717) is 25.3 Å². The summed E-state index contributed by atoms with van der Waals surface area (Å²) in [5, 5.41) is 15.9. The molecule has 1 saturated carbocycles. The minimum atomic E-state index is -2.58. The van der Waals surface area contributed by atoms with E-state index < -0.39 is 17.5 Å². The Morgan fingerprint density at radius 3 is 2.55 bits per heavy atom. The van der Waals surface area contributed by atoms with Crippen LogP contribution < -0.4 is 10.6 Å². The van der Waals surface area contributed by atoms with Crippen LogP contribution in [0.5, 0.6) is 0 Å². The Balaban J connectivity index is 0.00000306. The molecule has 1 aromatic heterocycles. The summed E-state index contributed by atoms with van der Waals surface area (Å²) in [7, 11) is 0. The number of fused-ring (bicyclic) bond motifs is 1. The first-order valence-electron chi connectivity index (χ1n) is 10.9. The summed E-state index contributed by atoms with van der Waals surface area (Å²) in [4.78, 5) is 23.7. The lowest BCUT2D eigenvalue weighted by atomic mass is 9.92. The normalized spacial score (nSPS) is 19.8. The van der Waals surface area contributed by atoms with Crippen molar-refractivity contribution in [3.05, 3.63) is 53.3 Å². The van der Waals surface area contributed by atoms with E-state index in [0.717, 1.165) is 16.8 Å². The van der Waals surface area contributed by atoms with Gasteiger partial charge in [-0.25, -0.2) is 23.5 Å². The third-order valence-electron chi connectivity index (χ3n) is 6.49. The first-order chi connectivity index (χ1) is 15.2. The number of amides is 2. The molecule has 2 aliphatic rings. The lowest BCUT2D eigenvalue weighted by Gasteiger charge is -2.33.